The summed E-state index contributed by atoms with van der Waals surface area (Å²) in [7, 11) is 0. The number of halogens is 3. The van der Waals surface area contributed by atoms with Crippen molar-refractivity contribution >= 4 is 34.2 Å². The van der Waals surface area contributed by atoms with E-state index in [9.17, 15) is 9.50 Å². The van der Waals surface area contributed by atoms with Crippen molar-refractivity contribution in [2.45, 2.75) is 45.5 Å². The number of nitrogens with zero attached hydrogens (tertiary/aromatic N) is 3. The Morgan fingerprint density at radius 3 is 2.44 bits per heavy atom. The molecule has 2 aromatic carbocycles. The number of hydrogen-bond acceptors (Lipinski definition) is 5. The second-order valence-electron chi connectivity index (χ2n) is 8.90. The molecule has 0 saturated heterocycles. The number of rotatable bonds is 12. The first-order valence-electron chi connectivity index (χ1n) is 11.1. The molecule has 0 aliphatic carbocycles. The zero-order valence-corrected chi connectivity index (χ0v) is 22.5. The normalized spacial score (nSPS) is 13.5. The maximum Gasteiger partial charge on any atom is 0.135 e. The zero-order chi connectivity index (χ0) is 24.7. The van der Waals surface area contributed by atoms with E-state index in [-0.39, 0.29) is 24.3 Å². The van der Waals surface area contributed by atoms with Crippen molar-refractivity contribution in [2.75, 3.05) is 19.1 Å². The van der Waals surface area contributed by atoms with Crippen molar-refractivity contribution in [3.8, 4) is 11.5 Å². The SMILES string of the molecule is C[C@H](CCl)COc1ccc(C(C)(C)c2ccc(OC[C@@H](O)Cn3cc(C[18F])nn3)cc2)cc1I. The highest BCUT2D eigenvalue weighted by molar-refractivity contribution is 14.1. The molecule has 0 aliphatic rings. The number of aliphatic hydroxyl groups is 1. The number of aliphatic hydroxyl groups excluding tert-OH is 1. The van der Waals surface area contributed by atoms with Gasteiger partial charge in [0, 0.05) is 17.2 Å². The summed E-state index contributed by atoms with van der Waals surface area (Å²) < 4.78 is 26.7. The third kappa shape index (κ3) is 7.05. The lowest BCUT2D eigenvalue weighted by Gasteiger charge is -2.27. The lowest BCUT2D eigenvalue weighted by Crippen LogP contribution is -2.24. The van der Waals surface area contributed by atoms with Gasteiger partial charge < -0.3 is 14.6 Å². The van der Waals surface area contributed by atoms with E-state index >= 15 is 0 Å². The molecule has 3 aromatic rings. The van der Waals surface area contributed by atoms with Crippen LogP contribution in [0.15, 0.2) is 48.7 Å². The summed E-state index contributed by atoms with van der Waals surface area (Å²) in [6.45, 7) is 6.61. The van der Waals surface area contributed by atoms with Crippen LogP contribution >= 0.6 is 34.2 Å². The summed E-state index contributed by atoms with van der Waals surface area (Å²) in [5.74, 6) is 2.40. The molecule has 0 radical (unpaired) electrons. The van der Waals surface area contributed by atoms with Gasteiger partial charge in [-0.25, -0.2) is 9.07 Å². The molecule has 2 atom stereocenters. The number of benzene rings is 2. The quantitative estimate of drug-likeness (QED) is 0.224. The van der Waals surface area contributed by atoms with Gasteiger partial charge >= 0.3 is 0 Å². The van der Waals surface area contributed by atoms with E-state index in [1.807, 2.05) is 30.3 Å². The van der Waals surface area contributed by atoms with Crippen LogP contribution in [0.1, 0.15) is 37.6 Å². The van der Waals surface area contributed by atoms with Crippen LogP contribution in [0.5, 0.6) is 11.5 Å². The van der Waals surface area contributed by atoms with Gasteiger partial charge in [-0.15, -0.1) is 16.7 Å². The van der Waals surface area contributed by atoms with Crippen LogP contribution in [0.25, 0.3) is 0 Å². The number of ether oxygens (including phenoxy) is 2. The van der Waals surface area contributed by atoms with Crippen LogP contribution in [0.4, 0.5) is 4.39 Å². The summed E-state index contributed by atoms with van der Waals surface area (Å²) in [6.07, 6.45) is 0.681. The third-order valence-corrected chi connectivity index (χ3v) is 6.95. The maximum absolute atomic E-state index is 12.6. The molecule has 0 saturated carbocycles. The van der Waals surface area contributed by atoms with Gasteiger partial charge in [0.05, 0.1) is 22.9 Å². The third-order valence-electron chi connectivity index (χ3n) is 5.58. The van der Waals surface area contributed by atoms with Gasteiger partial charge in [-0.1, -0.05) is 44.2 Å². The predicted molar refractivity (Wildman–Crippen MR) is 139 cm³/mol. The van der Waals surface area contributed by atoms with Crippen LogP contribution in [0, 0.1) is 9.49 Å². The van der Waals surface area contributed by atoms with Crippen LogP contribution in [-0.2, 0) is 18.6 Å². The van der Waals surface area contributed by atoms with Crippen molar-refractivity contribution in [1.82, 2.24) is 15.0 Å². The lowest BCUT2D eigenvalue weighted by molar-refractivity contribution is 0.0888. The molecule has 0 aliphatic heterocycles. The molecule has 3 rings (SSSR count). The molecular formula is C25H30ClFIN3O3. The topological polar surface area (TPSA) is 69.4 Å². The minimum Gasteiger partial charge on any atom is -0.492 e. The molecule has 1 heterocycles. The monoisotopic (exact) mass is 600 g/mol. The van der Waals surface area contributed by atoms with E-state index in [0.29, 0.717) is 24.2 Å². The smallest absolute Gasteiger partial charge is 0.135 e. The number of aromatic nitrogens is 3. The van der Waals surface area contributed by atoms with Gasteiger partial charge in [0.25, 0.3) is 0 Å². The van der Waals surface area contributed by atoms with Crippen molar-refractivity contribution in [2.24, 2.45) is 5.92 Å². The van der Waals surface area contributed by atoms with Crippen molar-refractivity contribution in [3.63, 3.8) is 0 Å². The van der Waals surface area contributed by atoms with Gasteiger partial charge in [0.15, 0.2) is 0 Å². The molecular weight excluding hydrogens is 571 g/mol. The van der Waals surface area contributed by atoms with Crippen LogP contribution in [-0.4, -0.2) is 45.3 Å². The molecule has 1 N–H and O–H groups in total. The molecule has 0 spiro atoms. The summed E-state index contributed by atoms with van der Waals surface area (Å²) in [5, 5.41) is 17.6. The highest BCUT2D eigenvalue weighted by Gasteiger charge is 2.24. The zero-order valence-electron chi connectivity index (χ0n) is 19.5. The Kier molecular flexibility index (Phi) is 9.56. The number of hydrogen-bond donors (Lipinski definition) is 1. The van der Waals surface area contributed by atoms with Crippen LogP contribution < -0.4 is 9.47 Å². The summed E-state index contributed by atoms with van der Waals surface area (Å²) in [5.41, 5.74) is 2.34. The lowest BCUT2D eigenvalue weighted by atomic mass is 9.78. The molecule has 0 bridgehead atoms. The Morgan fingerprint density at radius 1 is 1.12 bits per heavy atom. The minimum atomic E-state index is -0.791. The van der Waals surface area contributed by atoms with Gasteiger partial charge in [0.2, 0.25) is 0 Å². The average molecular weight is 601 g/mol. The summed E-state index contributed by atoms with van der Waals surface area (Å²) in [4.78, 5) is 0. The van der Waals surface area contributed by atoms with Gasteiger partial charge in [-0.2, -0.15) is 0 Å². The highest BCUT2D eigenvalue weighted by Crippen LogP contribution is 2.35. The van der Waals surface area contributed by atoms with Crippen LogP contribution in [0.3, 0.4) is 0 Å². The van der Waals surface area contributed by atoms with Crippen molar-refractivity contribution in [3.05, 3.63) is 69.1 Å². The molecule has 1 aromatic heterocycles. The summed E-state index contributed by atoms with van der Waals surface area (Å²) in [6, 6.07) is 14.1. The molecule has 0 unspecified atom stereocenters. The van der Waals surface area contributed by atoms with E-state index in [1.54, 1.807) is 0 Å². The highest BCUT2D eigenvalue weighted by atomic mass is 127. The minimum absolute atomic E-state index is 0.0928. The fraction of sp³-hybridized carbons (Fsp3) is 0.440. The van der Waals surface area contributed by atoms with E-state index in [0.717, 1.165) is 14.9 Å². The first kappa shape index (κ1) is 26.7. The van der Waals surface area contributed by atoms with Gasteiger partial charge in [0.1, 0.15) is 36.6 Å². The van der Waals surface area contributed by atoms with E-state index in [4.69, 9.17) is 21.1 Å². The Morgan fingerprint density at radius 2 is 1.82 bits per heavy atom. The van der Waals surface area contributed by atoms with Gasteiger partial charge in [-0.3, -0.25) is 0 Å². The second-order valence-corrected chi connectivity index (χ2v) is 10.4. The fourth-order valence-corrected chi connectivity index (χ4v) is 4.13. The van der Waals surface area contributed by atoms with Crippen molar-refractivity contribution in [1.29, 1.82) is 0 Å². The van der Waals surface area contributed by atoms with Crippen molar-refractivity contribution < 1.29 is 19.0 Å². The molecule has 9 heteroatoms. The summed E-state index contributed by atoms with van der Waals surface area (Å²) >= 11 is 8.18. The molecule has 184 valence electrons. The number of alkyl halides is 2. The van der Waals surface area contributed by atoms with Crippen LogP contribution in [0.2, 0.25) is 0 Å². The largest absolute Gasteiger partial charge is 0.492 e. The Hall–Kier alpha value is -1.91. The standard InChI is InChI=1S/C25H30ClFIN3O3/c1-17(11-26)15-34-24-9-6-19(10-23(24)28)25(2,3)18-4-7-22(8-5-18)33-16-21(32)14-31-13-20(12-27)29-30-31/h4-10,13,17,21,32H,11-12,14-16H2,1-3H3/t17-,21+/m1/s1/i27-1. The molecule has 0 amide bonds. The molecule has 6 nitrogen and oxygen atoms in total. The van der Waals surface area contributed by atoms with E-state index < -0.39 is 12.8 Å². The van der Waals surface area contributed by atoms with E-state index in [1.165, 1.54) is 16.4 Å². The second kappa shape index (κ2) is 12.2. The van der Waals surface area contributed by atoms with Gasteiger partial charge in [-0.05, 0) is 58.0 Å². The maximum atomic E-state index is 12.6. The van der Waals surface area contributed by atoms with E-state index in [2.05, 4.69) is 65.8 Å². The fourth-order valence-electron chi connectivity index (χ4n) is 3.37. The first-order chi connectivity index (χ1) is 16.2. The first-order valence-corrected chi connectivity index (χ1v) is 12.7. The Balaban J connectivity index is 1.59. The molecule has 34 heavy (non-hydrogen) atoms. The average Bonchev–Trinajstić information content (AvgIpc) is 3.29. The predicted octanol–water partition coefficient (Wildman–Crippen LogP) is 5.37. The Bertz CT molecular complexity index is 1060. The molecule has 0 fully saturated rings. The Labute approximate surface area is 218 Å².